The van der Waals surface area contributed by atoms with Crippen LogP contribution in [0.3, 0.4) is 0 Å². The van der Waals surface area contributed by atoms with Crippen molar-refractivity contribution in [3.05, 3.63) is 83.4 Å². The van der Waals surface area contributed by atoms with Crippen molar-refractivity contribution in [2.45, 2.75) is 76.3 Å². The number of amides is 2. The summed E-state index contributed by atoms with van der Waals surface area (Å²) in [6.07, 6.45) is 4.89. The van der Waals surface area contributed by atoms with E-state index >= 15 is 0 Å². The number of anilines is 1. The number of rotatable bonds is 14. The van der Waals surface area contributed by atoms with Crippen molar-refractivity contribution in [2.24, 2.45) is 0 Å². The molecule has 1 saturated carbocycles. The van der Waals surface area contributed by atoms with Crippen molar-refractivity contribution in [1.82, 2.24) is 10.2 Å². The fraction of sp³-hybridized carbons (Fsp3) is 0.429. The third-order valence-electron chi connectivity index (χ3n) is 8.29. The molecule has 3 aromatic carbocycles. The van der Waals surface area contributed by atoms with Gasteiger partial charge in [0.25, 0.3) is 10.0 Å². The molecule has 1 aliphatic carbocycles. The predicted molar refractivity (Wildman–Crippen MR) is 176 cm³/mol. The Balaban J connectivity index is 1.73. The first-order chi connectivity index (χ1) is 21.6. The Labute approximate surface area is 267 Å². The third kappa shape index (κ3) is 8.36. The van der Waals surface area contributed by atoms with E-state index in [-0.39, 0.29) is 29.1 Å². The van der Waals surface area contributed by atoms with Gasteiger partial charge in [-0.15, -0.1) is 0 Å². The zero-order valence-corrected chi connectivity index (χ0v) is 27.7. The van der Waals surface area contributed by atoms with Crippen LogP contribution in [0.1, 0.15) is 55.7 Å². The molecular weight excluding hydrogens is 590 g/mol. The van der Waals surface area contributed by atoms with Crippen LogP contribution < -0.4 is 19.1 Å². The van der Waals surface area contributed by atoms with Crippen molar-refractivity contribution in [3.63, 3.8) is 0 Å². The second-order valence-electron chi connectivity index (χ2n) is 11.6. The molecule has 9 nitrogen and oxygen atoms in total. The van der Waals surface area contributed by atoms with Gasteiger partial charge >= 0.3 is 0 Å². The van der Waals surface area contributed by atoms with E-state index in [2.05, 4.69) is 5.32 Å². The highest BCUT2D eigenvalue weighted by Crippen LogP contribution is 2.33. The monoisotopic (exact) mass is 635 g/mol. The quantitative estimate of drug-likeness (QED) is 0.254. The van der Waals surface area contributed by atoms with Crippen LogP contribution in [0.25, 0.3) is 0 Å². The van der Waals surface area contributed by atoms with Gasteiger partial charge < -0.3 is 19.7 Å². The number of sulfonamides is 1. The molecule has 1 fully saturated rings. The number of carbonyl (C=O) groups excluding carboxylic acids is 2. The minimum atomic E-state index is -4.26. The minimum Gasteiger partial charge on any atom is -0.493 e. The molecule has 45 heavy (non-hydrogen) atoms. The molecule has 3 aromatic rings. The molecular formula is C35H45N3O6S. The van der Waals surface area contributed by atoms with Gasteiger partial charge in [-0.2, -0.15) is 0 Å². The lowest BCUT2D eigenvalue weighted by Crippen LogP contribution is -2.54. The summed E-state index contributed by atoms with van der Waals surface area (Å²) in [4.78, 5) is 29.5. The van der Waals surface area contributed by atoms with E-state index in [9.17, 15) is 18.0 Å². The zero-order chi connectivity index (χ0) is 32.6. The van der Waals surface area contributed by atoms with Crippen LogP contribution in [0.2, 0.25) is 0 Å². The molecule has 0 aliphatic heterocycles. The standard InChI is InChI=1S/C35H45N3O6S/c1-6-31(35(40)36-28-14-10-11-15-28)37(19-18-27-12-8-7-9-13-27)34(39)24-38(29-21-25(2)20-26(3)22-29)45(41,42)30-16-17-32(43-4)33(23-30)44-5/h7-9,12-13,16-17,20-23,28,31H,6,10-11,14-15,18-19,24H2,1-5H3,(H,36,40)/t31-/m0/s1. The van der Waals surface area contributed by atoms with Gasteiger partial charge in [-0.25, -0.2) is 8.42 Å². The van der Waals surface area contributed by atoms with Crippen molar-refractivity contribution < 1.29 is 27.5 Å². The second-order valence-corrected chi connectivity index (χ2v) is 13.5. The Hall–Kier alpha value is -4.05. The summed E-state index contributed by atoms with van der Waals surface area (Å²) in [7, 11) is -1.35. The summed E-state index contributed by atoms with van der Waals surface area (Å²) in [6, 6.07) is 18.9. The first kappa shape index (κ1) is 33.8. The average molecular weight is 636 g/mol. The molecule has 2 amide bonds. The van der Waals surface area contributed by atoms with Gasteiger partial charge in [0.1, 0.15) is 12.6 Å². The highest BCUT2D eigenvalue weighted by Gasteiger charge is 2.35. The van der Waals surface area contributed by atoms with Crippen LogP contribution in [0.15, 0.2) is 71.6 Å². The topological polar surface area (TPSA) is 105 Å². The van der Waals surface area contributed by atoms with E-state index in [1.54, 1.807) is 17.0 Å². The summed E-state index contributed by atoms with van der Waals surface area (Å²) in [6.45, 7) is 5.42. The molecule has 0 aromatic heterocycles. The van der Waals surface area contributed by atoms with Crippen molar-refractivity contribution in [3.8, 4) is 11.5 Å². The molecule has 1 atom stereocenters. The highest BCUT2D eigenvalue weighted by molar-refractivity contribution is 7.92. The number of hydrogen-bond acceptors (Lipinski definition) is 6. The van der Waals surface area contributed by atoms with Crippen molar-refractivity contribution >= 4 is 27.5 Å². The minimum absolute atomic E-state index is 0.0473. The summed E-state index contributed by atoms with van der Waals surface area (Å²) in [5, 5.41) is 3.15. The van der Waals surface area contributed by atoms with Gasteiger partial charge in [0.05, 0.1) is 24.8 Å². The van der Waals surface area contributed by atoms with Gasteiger partial charge in [-0.1, -0.05) is 56.2 Å². The van der Waals surface area contributed by atoms with E-state index in [1.165, 1.54) is 32.4 Å². The van der Waals surface area contributed by atoms with Gasteiger partial charge in [0, 0.05) is 18.7 Å². The normalized spacial score (nSPS) is 14.1. The van der Waals surface area contributed by atoms with E-state index in [0.29, 0.717) is 24.3 Å². The fourth-order valence-electron chi connectivity index (χ4n) is 5.99. The van der Waals surface area contributed by atoms with Gasteiger partial charge in [0.15, 0.2) is 11.5 Å². The van der Waals surface area contributed by atoms with E-state index in [1.807, 2.05) is 57.2 Å². The summed E-state index contributed by atoms with van der Waals surface area (Å²) >= 11 is 0. The summed E-state index contributed by atoms with van der Waals surface area (Å²) in [5.41, 5.74) is 3.09. The van der Waals surface area contributed by atoms with Gasteiger partial charge in [0.2, 0.25) is 11.8 Å². The Bertz CT molecular complexity index is 1550. The maximum atomic E-state index is 14.4. The molecule has 0 spiro atoms. The molecule has 4 rings (SSSR count). The molecule has 0 unspecified atom stereocenters. The van der Waals surface area contributed by atoms with Crippen LogP contribution in [-0.2, 0) is 26.0 Å². The van der Waals surface area contributed by atoms with Crippen LogP contribution in [0.4, 0.5) is 5.69 Å². The Morgan fingerprint density at radius 2 is 1.56 bits per heavy atom. The van der Waals surface area contributed by atoms with Crippen molar-refractivity contribution in [1.29, 1.82) is 0 Å². The van der Waals surface area contributed by atoms with Crippen LogP contribution in [0, 0.1) is 13.8 Å². The highest BCUT2D eigenvalue weighted by atomic mass is 32.2. The third-order valence-corrected chi connectivity index (χ3v) is 10.1. The maximum absolute atomic E-state index is 14.4. The van der Waals surface area contributed by atoms with Gasteiger partial charge in [-0.05, 0) is 80.5 Å². The number of aryl methyl sites for hydroxylation is 2. The largest absolute Gasteiger partial charge is 0.493 e. The molecule has 0 saturated heterocycles. The van der Waals surface area contributed by atoms with E-state index in [4.69, 9.17) is 9.47 Å². The number of nitrogens with zero attached hydrogens (tertiary/aromatic N) is 2. The molecule has 1 aliphatic rings. The van der Waals surface area contributed by atoms with Crippen molar-refractivity contribution in [2.75, 3.05) is 31.6 Å². The Morgan fingerprint density at radius 3 is 2.16 bits per heavy atom. The number of hydrogen-bond donors (Lipinski definition) is 1. The number of ether oxygens (including phenoxy) is 2. The summed E-state index contributed by atoms with van der Waals surface area (Å²) in [5.74, 6) is -0.0184. The second kappa shape index (κ2) is 15.3. The van der Waals surface area contributed by atoms with Crippen LogP contribution in [0.5, 0.6) is 11.5 Å². The average Bonchev–Trinajstić information content (AvgIpc) is 3.54. The lowest BCUT2D eigenvalue weighted by molar-refractivity contribution is -0.139. The fourth-order valence-corrected chi connectivity index (χ4v) is 7.40. The molecule has 0 radical (unpaired) electrons. The van der Waals surface area contributed by atoms with Crippen LogP contribution >= 0.6 is 0 Å². The molecule has 0 bridgehead atoms. The molecule has 0 heterocycles. The number of benzene rings is 3. The first-order valence-corrected chi connectivity index (χ1v) is 17.0. The predicted octanol–water partition coefficient (Wildman–Crippen LogP) is 5.42. The lowest BCUT2D eigenvalue weighted by atomic mass is 10.1. The molecule has 1 N–H and O–H groups in total. The van der Waals surface area contributed by atoms with Gasteiger partial charge in [-0.3, -0.25) is 13.9 Å². The molecule has 10 heteroatoms. The number of carbonyl (C=O) groups is 2. The lowest BCUT2D eigenvalue weighted by Gasteiger charge is -2.34. The Kier molecular flexibility index (Phi) is 11.5. The zero-order valence-electron chi connectivity index (χ0n) is 26.9. The smallest absolute Gasteiger partial charge is 0.264 e. The van der Waals surface area contributed by atoms with E-state index < -0.39 is 28.5 Å². The number of methoxy groups -OCH3 is 2. The Morgan fingerprint density at radius 1 is 0.911 bits per heavy atom. The SMILES string of the molecule is CC[C@@H](C(=O)NC1CCCC1)N(CCc1ccccc1)C(=O)CN(c1cc(C)cc(C)c1)S(=O)(=O)c1ccc(OC)c(OC)c1. The van der Waals surface area contributed by atoms with Crippen LogP contribution in [-0.4, -0.2) is 64.5 Å². The first-order valence-electron chi connectivity index (χ1n) is 15.5. The maximum Gasteiger partial charge on any atom is 0.264 e. The summed E-state index contributed by atoms with van der Waals surface area (Å²) < 4.78 is 40.5. The van der Waals surface area contributed by atoms with E-state index in [0.717, 1.165) is 46.7 Å². The molecule has 242 valence electrons. The number of nitrogens with one attached hydrogen (secondary N) is 1.